The van der Waals surface area contributed by atoms with Crippen molar-refractivity contribution in [1.82, 2.24) is 0 Å². The third kappa shape index (κ3) is 3.81. The molecular weight excluding hydrogens is 182 g/mol. The molecule has 0 fully saturated rings. The van der Waals surface area contributed by atoms with Crippen molar-refractivity contribution in [3.05, 3.63) is 35.9 Å². The third-order valence-electron chi connectivity index (χ3n) is 1.97. The summed E-state index contributed by atoms with van der Waals surface area (Å²) < 4.78 is 0. The lowest BCUT2D eigenvalue weighted by atomic mass is 10.1. The van der Waals surface area contributed by atoms with Crippen LogP contribution in [0.5, 0.6) is 0 Å². The Morgan fingerprint density at radius 1 is 1.31 bits per heavy atom. The largest absolute Gasteiger partial charge is 0.378 e. The summed E-state index contributed by atoms with van der Waals surface area (Å²) in [5.41, 5.74) is 6.53. The highest BCUT2D eigenvalue weighted by Gasteiger charge is 2.09. The molecule has 0 amide bonds. The lowest BCUT2D eigenvalue weighted by Gasteiger charge is -2.12. The number of aliphatic hydroxyl groups excluding tert-OH is 1. The molecule has 0 aliphatic carbocycles. The van der Waals surface area contributed by atoms with Gasteiger partial charge in [-0.15, -0.1) is 0 Å². The first-order valence-corrected chi connectivity index (χ1v) is 4.87. The smallest absolute Gasteiger partial charge is 0.114 e. The molecule has 0 aromatic heterocycles. The summed E-state index contributed by atoms with van der Waals surface area (Å²) in [4.78, 5) is 0. The van der Waals surface area contributed by atoms with Crippen LogP contribution >= 0.6 is 12.6 Å². The summed E-state index contributed by atoms with van der Waals surface area (Å²) in [5, 5.41) is 8.86. The van der Waals surface area contributed by atoms with E-state index in [0.717, 1.165) is 12.8 Å². The monoisotopic (exact) mass is 197 g/mol. The van der Waals surface area contributed by atoms with E-state index in [1.807, 2.05) is 18.2 Å². The van der Waals surface area contributed by atoms with Crippen molar-refractivity contribution in [2.24, 2.45) is 5.73 Å². The number of nitrogens with two attached hydrogens (primary N) is 1. The van der Waals surface area contributed by atoms with Crippen molar-refractivity contribution in [2.45, 2.75) is 24.3 Å². The summed E-state index contributed by atoms with van der Waals surface area (Å²) >= 11 is 4.18. The first kappa shape index (κ1) is 10.6. The lowest BCUT2D eigenvalue weighted by Crippen LogP contribution is -2.30. The fraction of sp³-hybridized carbons (Fsp3) is 0.400. The number of benzene rings is 1. The molecule has 0 saturated carbocycles. The molecule has 2 nitrogen and oxygen atoms in total. The molecule has 13 heavy (non-hydrogen) atoms. The summed E-state index contributed by atoms with van der Waals surface area (Å²) in [6.07, 6.45) is 0.876. The van der Waals surface area contributed by atoms with Crippen LogP contribution in [-0.2, 0) is 6.42 Å². The predicted molar refractivity (Wildman–Crippen MR) is 57.7 cm³/mol. The van der Waals surface area contributed by atoms with Crippen LogP contribution in [0.3, 0.4) is 0 Å². The maximum Gasteiger partial charge on any atom is 0.114 e. The first-order valence-electron chi connectivity index (χ1n) is 4.36. The van der Waals surface area contributed by atoms with E-state index in [9.17, 15) is 0 Å². The Morgan fingerprint density at radius 2 is 1.92 bits per heavy atom. The highest BCUT2D eigenvalue weighted by atomic mass is 32.1. The van der Waals surface area contributed by atoms with Crippen molar-refractivity contribution >= 4 is 12.6 Å². The van der Waals surface area contributed by atoms with Gasteiger partial charge in [-0.05, 0) is 18.4 Å². The molecule has 1 aromatic carbocycles. The maximum atomic E-state index is 9.00. The van der Waals surface area contributed by atoms with Gasteiger partial charge < -0.3 is 10.8 Å². The summed E-state index contributed by atoms with van der Waals surface area (Å²) in [5.74, 6) is 0. The topological polar surface area (TPSA) is 46.2 Å². The number of hydrogen-bond acceptors (Lipinski definition) is 3. The third-order valence-corrected chi connectivity index (χ3v) is 2.53. The SMILES string of the molecule is N[C@H](O)[C@@H](S)CCc1ccccc1. The molecule has 3 N–H and O–H groups in total. The molecule has 72 valence electrons. The van der Waals surface area contributed by atoms with Gasteiger partial charge in [-0.3, -0.25) is 0 Å². The normalized spacial score (nSPS) is 15.3. The van der Waals surface area contributed by atoms with E-state index in [1.54, 1.807) is 0 Å². The van der Waals surface area contributed by atoms with Crippen LogP contribution in [0, 0.1) is 0 Å². The van der Waals surface area contributed by atoms with Crippen molar-refractivity contribution in [3.8, 4) is 0 Å². The zero-order valence-electron chi connectivity index (χ0n) is 7.43. The number of aliphatic hydroxyl groups is 1. The molecule has 0 spiro atoms. The minimum absolute atomic E-state index is 0.139. The van der Waals surface area contributed by atoms with Crippen molar-refractivity contribution in [1.29, 1.82) is 0 Å². The fourth-order valence-corrected chi connectivity index (χ4v) is 1.26. The van der Waals surface area contributed by atoms with Gasteiger partial charge in [0.2, 0.25) is 0 Å². The molecule has 0 saturated heterocycles. The van der Waals surface area contributed by atoms with Crippen LogP contribution in [0.1, 0.15) is 12.0 Å². The van der Waals surface area contributed by atoms with Gasteiger partial charge in [-0.1, -0.05) is 30.3 Å². The van der Waals surface area contributed by atoms with Gasteiger partial charge in [-0.25, -0.2) is 0 Å². The van der Waals surface area contributed by atoms with E-state index < -0.39 is 6.23 Å². The number of hydrogen-bond donors (Lipinski definition) is 3. The molecule has 1 rings (SSSR count). The second-order valence-electron chi connectivity index (χ2n) is 3.08. The van der Waals surface area contributed by atoms with Gasteiger partial charge in [0.1, 0.15) is 6.23 Å². The minimum Gasteiger partial charge on any atom is -0.378 e. The Bertz CT molecular complexity index is 238. The molecular formula is C10H15NOS. The Balaban J connectivity index is 2.35. The molecule has 2 atom stereocenters. The average Bonchev–Trinajstić information content (AvgIpc) is 2.15. The second kappa shape index (κ2) is 5.27. The van der Waals surface area contributed by atoms with Crippen LogP contribution < -0.4 is 5.73 Å². The van der Waals surface area contributed by atoms with E-state index in [4.69, 9.17) is 10.8 Å². The molecule has 0 aliphatic rings. The minimum atomic E-state index is -0.827. The average molecular weight is 197 g/mol. The summed E-state index contributed by atoms with van der Waals surface area (Å²) in [6, 6.07) is 10.1. The Hall–Kier alpha value is -0.510. The second-order valence-corrected chi connectivity index (χ2v) is 3.75. The number of rotatable bonds is 4. The van der Waals surface area contributed by atoms with Crippen LogP contribution in [0.4, 0.5) is 0 Å². The lowest BCUT2D eigenvalue weighted by molar-refractivity contribution is 0.176. The zero-order valence-corrected chi connectivity index (χ0v) is 8.32. The Morgan fingerprint density at radius 3 is 2.46 bits per heavy atom. The van der Waals surface area contributed by atoms with Crippen LogP contribution in [0.25, 0.3) is 0 Å². The van der Waals surface area contributed by atoms with Gasteiger partial charge in [0.15, 0.2) is 0 Å². The van der Waals surface area contributed by atoms with E-state index in [2.05, 4.69) is 24.8 Å². The van der Waals surface area contributed by atoms with E-state index in [-0.39, 0.29) is 5.25 Å². The predicted octanol–water partition coefficient (Wildman–Crippen LogP) is 1.19. The van der Waals surface area contributed by atoms with Crippen molar-refractivity contribution in [3.63, 3.8) is 0 Å². The van der Waals surface area contributed by atoms with E-state index in [1.165, 1.54) is 5.56 Å². The van der Waals surface area contributed by atoms with Crippen LogP contribution in [-0.4, -0.2) is 16.6 Å². The summed E-state index contributed by atoms with van der Waals surface area (Å²) in [7, 11) is 0. The van der Waals surface area contributed by atoms with Gasteiger partial charge in [0.05, 0.1) is 0 Å². The van der Waals surface area contributed by atoms with Crippen molar-refractivity contribution in [2.75, 3.05) is 0 Å². The van der Waals surface area contributed by atoms with Crippen molar-refractivity contribution < 1.29 is 5.11 Å². The molecule has 0 heterocycles. The molecule has 0 aliphatic heterocycles. The van der Waals surface area contributed by atoms with Gasteiger partial charge in [0, 0.05) is 5.25 Å². The molecule has 1 aromatic rings. The standard InChI is InChI=1S/C10H15NOS/c11-10(12)9(13)7-6-8-4-2-1-3-5-8/h1-5,9-10,12-13H,6-7,11H2/t9-,10+/m0/s1. The molecule has 0 radical (unpaired) electrons. The highest BCUT2D eigenvalue weighted by Crippen LogP contribution is 2.09. The number of thiol groups is 1. The van der Waals surface area contributed by atoms with Crippen LogP contribution in [0.2, 0.25) is 0 Å². The molecule has 3 heteroatoms. The van der Waals surface area contributed by atoms with E-state index >= 15 is 0 Å². The fourth-order valence-electron chi connectivity index (χ4n) is 1.13. The Kier molecular flexibility index (Phi) is 4.28. The zero-order chi connectivity index (χ0) is 9.68. The summed E-state index contributed by atoms with van der Waals surface area (Å²) in [6.45, 7) is 0. The number of aryl methyl sites for hydroxylation is 1. The van der Waals surface area contributed by atoms with Crippen LogP contribution in [0.15, 0.2) is 30.3 Å². The molecule has 0 bridgehead atoms. The van der Waals surface area contributed by atoms with Gasteiger partial charge in [0.25, 0.3) is 0 Å². The maximum absolute atomic E-state index is 9.00. The van der Waals surface area contributed by atoms with Gasteiger partial charge in [-0.2, -0.15) is 12.6 Å². The molecule has 0 unspecified atom stereocenters. The quantitative estimate of drug-likeness (QED) is 0.501. The first-order chi connectivity index (χ1) is 6.20. The Labute approximate surface area is 84.2 Å². The van der Waals surface area contributed by atoms with Gasteiger partial charge >= 0.3 is 0 Å². The van der Waals surface area contributed by atoms with E-state index in [0.29, 0.717) is 0 Å². The highest BCUT2D eigenvalue weighted by molar-refractivity contribution is 7.81.